The van der Waals surface area contributed by atoms with E-state index in [0.29, 0.717) is 5.92 Å². The summed E-state index contributed by atoms with van der Waals surface area (Å²) < 4.78 is 6.21. The standard InChI is InChI=1S/C30H46N2O/c1-4-6-7-8-9-10-11-13-25-14-16-26(17-15-25)23-33-28-18-19-29(24(3)20-28)30-31-21-27(12-5-2)22-32-30/h18-22,25-26H,4-17,23H2,1-3H3. The first-order chi connectivity index (χ1) is 16.2. The molecule has 33 heavy (non-hydrogen) atoms. The first kappa shape index (κ1) is 25.7. The highest BCUT2D eigenvalue weighted by Crippen LogP contribution is 2.33. The van der Waals surface area contributed by atoms with Crippen molar-refractivity contribution in [1.29, 1.82) is 0 Å². The largest absolute Gasteiger partial charge is 0.493 e. The van der Waals surface area contributed by atoms with Gasteiger partial charge in [0.2, 0.25) is 0 Å². The van der Waals surface area contributed by atoms with E-state index in [0.717, 1.165) is 42.5 Å². The highest BCUT2D eigenvalue weighted by molar-refractivity contribution is 5.61. The van der Waals surface area contributed by atoms with Gasteiger partial charge in [-0.3, -0.25) is 0 Å². The van der Waals surface area contributed by atoms with Crippen molar-refractivity contribution < 1.29 is 4.74 Å². The Hall–Kier alpha value is -1.90. The molecule has 1 aromatic carbocycles. The van der Waals surface area contributed by atoms with Crippen molar-refractivity contribution in [3.05, 3.63) is 41.7 Å². The highest BCUT2D eigenvalue weighted by Gasteiger charge is 2.21. The zero-order chi connectivity index (χ0) is 23.3. The summed E-state index contributed by atoms with van der Waals surface area (Å²) in [6.45, 7) is 7.45. The van der Waals surface area contributed by atoms with Crippen LogP contribution in [-0.4, -0.2) is 16.6 Å². The first-order valence-electron chi connectivity index (χ1n) is 13.7. The summed E-state index contributed by atoms with van der Waals surface area (Å²) in [4.78, 5) is 9.15. The van der Waals surface area contributed by atoms with E-state index >= 15 is 0 Å². The van der Waals surface area contributed by atoms with Crippen LogP contribution in [0.4, 0.5) is 0 Å². The molecule has 0 spiro atoms. The lowest BCUT2D eigenvalue weighted by molar-refractivity contribution is 0.177. The molecule has 3 rings (SSSR count). The maximum absolute atomic E-state index is 6.21. The molecule has 1 saturated carbocycles. The summed E-state index contributed by atoms with van der Waals surface area (Å²) in [5.74, 6) is 3.45. The molecular formula is C30H46N2O. The monoisotopic (exact) mass is 450 g/mol. The van der Waals surface area contributed by atoms with E-state index in [1.165, 1.54) is 88.2 Å². The molecule has 0 radical (unpaired) electrons. The molecule has 1 heterocycles. The molecule has 0 unspecified atom stereocenters. The molecule has 1 aromatic heterocycles. The molecule has 0 aliphatic heterocycles. The Morgan fingerprint density at radius 1 is 0.818 bits per heavy atom. The number of benzene rings is 1. The van der Waals surface area contributed by atoms with Gasteiger partial charge in [-0.05, 0) is 67.3 Å². The smallest absolute Gasteiger partial charge is 0.159 e. The summed E-state index contributed by atoms with van der Waals surface area (Å²) in [7, 11) is 0. The van der Waals surface area contributed by atoms with Crippen LogP contribution in [-0.2, 0) is 6.42 Å². The van der Waals surface area contributed by atoms with Gasteiger partial charge in [-0.15, -0.1) is 0 Å². The van der Waals surface area contributed by atoms with Gasteiger partial charge in [0, 0.05) is 18.0 Å². The van der Waals surface area contributed by atoms with Crippen LogP contribution in [0.3, 0.4) is 0 Å². The number of aromatic nitrogens is 2. The predicted molar refractivity (Wildman–Crippen MR) is 140 cm³/mol. The van der Waals surface area contributed by atoms with Gasteiger partial charge < -0.3 is 4.74 Å². The molecule has 0 saturated heterocycles. The maximum atomic E-state index is 6.21. The number of hydrogen-bond donors (Lipinski definition) is 0. The van der Waals surface area contributed by atoms with E-state index in [2.05, 4.69) is 48.9 Å². The Labute approximate surface area is 202 Å². The van der Waals surface area contributed by atoms with E-state index < -0.39 is 0 Å². The molecule has 3 nitrogen and oxygen atoms in total. The zero-order valence-electron chi connectivity index (χ0n) is 21.5. The fraction of sp³-hybridized carbons (Fsp3) is 0.667. The van der Waals surface area contributed by atoms with Crippen molar-refractivity contribution in [3.63, 3.8) is 0 Å². The lowest BCUT2D eigenvalue weighted by Crippen LogP contribution is -2.20. The van der Waals surface area contributed by atoms with E-state index in [1.54, 1.807) is 0 Å². The van der Waals surface area contributed by atoms with Crippen molar-refractivity contribution >= 4 is 0 Å². The minimum atomic E-state index is 0.713. The van der Waals surface area contributed by atoms with Crippen LogP contribution in [0, 0.1) is 18.8 Å². The summed E-state index contributed by atoms with van der Waals surface area (Å²) in [5.41, 5.74) is 3.47. The van der Waals surface area contributed by atoms with Crippen LogP contribution in [0.2, 0.25) is 0 Å². The predicted octanol–water partition coefficient (Wildman–Crippen LogP) is 8.73. The first-order valence-corrected chi connectivity index (χ1v) is 13.7. The third kappa shape index (κ3) is 8.76. The lowest BCUT2D eigenvalue weighted by Gasteiger charge is -2.28. The van der Waals surface area contributed by atoms with E-state index in [1.807, 2.05) is 12.4 Å². The fourth-order valence-corrected chi connectivity index (χ4v) is 5.18. The number of aryl methyl sites for hydroxylation is 2. The number of ether oxygens (including phenoxy) is 1. The molecule has 3 heteroatoms. The molecule has 0 bridgehead atoms. The molecular weight excluding hydrogens is 404 g/mol. The van der Waals surface area contributed by atoms with Crippen LogP contribution < -0.4 is 4.74 Å². The fourth-order valence-electron chi connectivity index (χ4n) is 5.18. The molecule has 2 aromatic rings. The quantitative estimate of drug-likeness (QED) is 0.270. The van der Waals surface area contributed by atoms with Crippen LogP contribution in [0.1, 0.15) is 108 Å². The number of rotatable bonds is 14. The van der Waals surface area contributed by atoms with Gasteiger partial charge in [0.15, 0.2) is 5.82 Å². The molecule has 0 amide bonds. The van der Waals surface area contributed by atoms with E-state index in [9.17, 15) is 0 Å². The minimum absolute atomic E-state index is 0.713. The minimum Gasteiger partial charge on any atom is -0.493 e. The van der Waals surface area contributed by atoms with Gasteiger partial charge in [0.1, 0.15) is 5.75 Å². The molecule has 1 aliphatic rings. The summed E-state index contributed by atoms with van der Waals surface area (Å²) in [6, 6.07) is 6.33. The van der Waals surface area contributed by atoms with E-state index in [-0.39, 0.29) is 0 Å². The van der Waals surface area contributed by atoms with Crippen molar-refractivity contribution in [2.24, 2.45) is 11.8 Å². The zero-order valence-corrected chi connectivity index (χ0v) is 21.5. The molecule has 182 valence electrons. The summed E-state index contributed by atoms with van der Waals surface area (Å²) in [5, 5.41) is 0. The Bertz CT molecular complexity index is 793. The van der Waals surface area contributed by atoms with Crippen molar-refractivity contribution in [2.75, 3.05) is 6.61 Å². The van der Waals surface area contributed by atoms with Crippen LogP contribution in [0.15, 0.2) is 30.6 Å². The van der Waals surface area contributed by atoms with Gasteiger partial charge >= 0.3 is 0 Å². The molecule has 0 atom stereocenters. The van der Waals surface area contributed by atoms with Gasteiger partial charge in [-0.25, -0.2) is 9.97 Å². The third-order valence-corrected chi connectivity index (χ3v) is 7.35. The normalized spacial score (nSPS) is 18.4. The number of unbranched alkanes of at least 4 members (excludes halogenated alkanes) is 6. The van der Waals surface area contributed by atoms with Crippen molar-refractivity contribution in [1.82, 2.24) is 9.97 Å². The second kappa shape index (κ2) is 14.4. The van der Waals surface area contributed by atoms with Gasteiger partial charge in [-0.2, -0.15) is 0 Å². The van der Waals surface area contributed by atoms with Crippen molar-refractivity contribution in [2.45, 2.75) is 111 Å². The average Bonchev–Trinajstić information content (AvgIpc) is 2.84. The van der Waals surface area contributed by atoms with Gasteiger partial charge in [-0.1, -0.05) is 84.5 Å². The Kier molecular flexibility index (Phi) is 11.2. The third-order valence-electron chi connectivity index (χ3n) is 7.35. The van der Waals surface area contributed by atoms with Crippen molar-refractivity contribution in [3.8, 4) is 17.1 Å². The SMILES string of the molecule is CCCCCCCCCC1CCC(COc2ccc(-c3ncc(CCC)cn3)c(C)c2)CC1. The molecule has 1 aliphatic carbocycles. The Morgan fingerprint density at radius 2 is 1.48 bits per heavy atom. The molecule has 1 fully saturated rings. The Morgan fingerprint density at radius 3 is 2.15 bits per heavy atom. The van der Waals surface area contributed by atoms with E-state index in [4.69, 9.17) is 4.74 Å². The van der Waals surface area contributed by atoms with Crippen LogP contribution >= 0.6 is 0 Å². The second-order valence-corrected chi connectivity index (χ2v) is 10.2. The maximum Gasteiger partial charge on any atom is 0.159 e. The van der Waals surface area contributed by atoms with Crippen LogP contribution in [0.5, 0.6) is 5.75 Å². The number of nitrogens with zero attached hydrogens (tertiary/aromatic N) is 2. The number of hydrogen-bond acceptors (Lipinski definition) is 3. The second-order valence-electron chi connectivity index (χ2n) is 10.2. The van der Waals surface area contributed by atoms with Gasteiger partial charge in [0.05, 0.1) is 6.61 Å². The van der Waals surface area contributed by atoms with Crippen LogP contribution in [0.25, 0.3) is 11.4 Å². The van der Waals surface area contributed by atoms with Gasteiger partial charge in [0.25, 0.3) is 0 Å². The summed E-state index contributed by atoms with van der Waals surface area (Å²) >= 11 is 0. The Balaban J connectivity index is 1.36. The average molecular weight is 451 g/mol. The summed E-state index contributed by atoms with van der Waals surface area (Å²) in [6.07, 6.45) is 22.9. The molecule has 0 N–H and O–H groups in total. The topological polar surface area (TPSA) is 35.0 Å². The highest BCUT2D eigenvalue weighted by atomic mass is 16.5. The lowest BCUT2D eigenvalue weighted by atomic mass is 9.80.